The lowest BCUT2D eigenvalue weighted by molar-refractivity contribution is 0.717. The molecule has 0 bridgehead atoms. The number of hydrogen-bond acceptors (Lipinski definition) is 4. The number of nitrogens with one attached hydrogen (secondary N) is 2. The van der Waals surface area contributed by atoms with Crippen LogP contribution in [0.1, 0.15) is 18.8 Å². The largest absolute Gasteiger partial charge is 0.360 e. The van der Waals surface area contributed by atoms with Crippen molar-refractivity contribution in [3.63, 3.8) is 0 Å². The van der Waals surface area contributed by atoms with Crippen LogP contribution in [0, 0.1) is 0 Å². The Morgan fingerprint density at radius 1 is 1.47 bits per heavy atom. The quantitative estimate of drug-likeness (QED) is 0.771. The minimum Gasteiger partial charge on any atom is -0.360 e. The Labute approximate surface area is 114 Å². The van der Waals surface area contributed by atoms with E-state index in [-0.39, 0.29) is 6.04 Å². The average Bonchev–Trinajstić information content (AvgIpc) is 2.97. The topological polar surface area (TPSA) is 71.4 Å². The molecule has 1 atom stereocenters. The predicted molar refractivity (Wildman–Crippen MR) is 74.1 cm³/mol. The molecule has 0 saturated carbocycles. The zero-order valence-electron chi connectivity index (χ0n) is 10.6. The van der Waals surface area contributed by atoms with Gasteiger partial charge in [0.05, 0.1) is 11.1 Å². The van der Waals surface area contributed by atoms with Crippen molar-refractivity contribution in [3.05, 3.63) is 35.5 Å². The summed E-state index contributed by atoms with van der Waals surface area (Å²) < 4.78 is 1.87. The van der Waals surface area contributed by atoms with Gasteiger partial charge in [0.15, 0.2) is 5.82 Å². The van der Waals surface area contributed by atoms with Gasteiger partial charge in [0.25, 0.3) is 0 Å². The van der Waals surface area contributed by atoms with E-state index in [1.165, 1.54) is 0 Å². The van der Waals surface area contributed by atoms with E-state index in [4.69, 9.17) is 11.6 Å². The summed E-state index contributed by atoms with van der Waals surface area (Å²) in [5.74, 6) is 1.54. The van der Waals surface area contributed by atoms with Gasteiger partial charge in [-0.05, 0) is 19.1 Å². The molecular weight excluding hydrogens is 264 g/mol. The Morgan fingerprint density at radius 2 is 2.32 bits per heavy atom. The molecular formula is C12H13ClN6. The zero-order chi connectivity index (χ0) is 13.4. The van der Waals surface area contributed by atoms with Crippen molar-refractivity contribution in [1.82, 2.24) is 24.7 Å². The lowest BCUT2D eigenvalue weighted by Gasteiger charge is -2.13. The molecule has 0 aliphatic heterocycles. The number of aryl methyl sites for hydroxylation is 1. The smallest absolute Gasteiger partial charge is 0.154 e. The van der Waals surface area contributed by atoms with Crippen LogP contribution in [0.2, 0.25) is 5.02 Å². The maximum atomic E-state index is 6.21. The van der Waals surface area contributed by atoms with E-state index >= 15 is 0 Å². The molecule has 7 heteroatoms. The first-order chi connectivity index (χ1) is 9.15. The molecule has 0 spiro atoms. The fraction of sp³-hybridized carbons (Fsp3) is 0.250. The maximum Gasteiger partial charge on any atom is 0.154 e. The standard InChI is InChI=1S/C12H13ClN6/c1-7(12-18-15-6-19(12)2)16-10-5-9(13)8-3-4-14-11(8)17-10/h3-7H,1-2H3,(H2,14,16,17)/t7-/m1/s1. The normalized spacial score (nSPS) is 12.8. The fourth-order valence-corrected chi connectivity index (χ4v) is 2.30. The Kier molecular flexibility index (Phi) is 2.87. The summed E-state index contributed by atoms with van der Waals surface area (Å²) in [6, 6.07) is 3.70. The van der Waals surface area contributed by atoms with E-state index < -0.39 is 0 Å². The number of rotatable bonds is 3. The highest BCUT2D eigenvalue weighted by Gasteiger charge is 2.13. The number of fused-ring (bicyclic) bond motifs is 1. The Bertz CT molecular complexity index is 716. The number of aromatic nitrogens is 5. The van der Waals surface area contributed by atoms with E-state index in [1.54, 1.807) is 6.33 Å². The molecule has 0 saturated heterocycles. The molecule has 3 aromatic heterocycles. The molecule has 0 radical (unpaired) electrons. The van der Waals surface area contributed by atoms with E-state index in [1.807, 2.05) is 36.9 Å². The van der Waals surface area contributed by atoms with Gasteiger partial charge < -0.3 is 14.9 Å². The van der Waals surface area contributed by atoms with Gasteiger partial charge in [-0.15, -0.1) is 10.2 Å². The highest BCUT2D eigenvalue weighted by molar-refractivity contribution is 6.35. The molecule has 3 heterocycles. The molecule has 0 aliphatic rings. The summed E-state index contributed by atoms with van der Waals surface area (Å²) in [6.45, 7) is 2.00. The Balaban J connectivity index is 1.91. The molecule has 19 heavy (non-hydrogen) atoms. The number of H-pyrrole nitrogens is 1. The number of anilines is 1. The van der Waals surface area contributed by atoms with Crippen molar-refractivity contribution < 1.29 is 0 Å². The third-order valence-corrected chi connectivity index (χ3v) is 3.29. The van der Waals surface area contributed by atoms with E-state index in [0.29, 0.717) is 10.8 Å². The third kappa shape index (κ3) is 2.15. The van der Waals surface area contributed by atoms with Crippen LogP contribution in [0.4, 0.5) is 5.82 Å². The maximum absolute atomic E-state index is 6.21. The van der Waals surface area contributed by atoms with Gasteiger partial charge in [0.2, 0.25) is 0 Å². The summed E-state index contributed by atoms with van der Waals surface area (Å²) in [7, 11) is 1.90. The predicted octanol–water partition coefficient (Wildman–Crippen LogP) is 2.52. The number of hydrogen-bond donors (Lipinski definition) is 2. The van der Waals surface area contributed by atoms with Crippen LogP contribution in [0.15, 0.2) is 24.7 Å². The summed E-state index contributed by atoms with van der Waals surface area (Å²) >= 11 is 6.21. The monoisotopic (exact) mass is 276 g/mol. The van der Waals surface area contributed by atoms with Crippen molar-refractivity contribution in [1.29, 1.82) is 0 Å². The second-order valence-electron chi connectivity index (χ2n) is 4.40. The van der Waals surface area contributed by atoms with Gasteiger partial charge in [-0.2, -0.15) is 0 Å². The Hall–Kier alpha value is -2.08. The van der Waals surface area contributed by atoms with Crippen LogP contribution >= 0.6 is 11.6 Å². The molecule has 0 unspecified atom stereocenters. The molecule has 3 aromatic rings. The molecule has 0 amide bonds. The minimum absolute atomic E-state index is 0.0107. The van der Waals surface area contributed by atoms with Crippen molar-refractivity contribution in [3.8, 4) is 0 Å². The van der Waals surface area contributed by atoms with Gasteiger partial charge >= 0.3 is 0 Å². The SMILES string of the molecule is C[C@@H](Nc1cc(Cl)c2cc[nH]c2n1)c1nncn1C. The Morgan fingerprint density at radius 3 is 3.05 bits per heavy atom. The molecule has 3 rings (SSSR count). The van der Waals surface area contributed by atoms with E-state index in [2.05, 4.69) is 25.5 Å². The van der Waals surface area contributed by atoms with E-state index in [0.717, 1.165) is 16.9 Å². The van der Waals surface area contributed by atoms with Crippen LogP contribution in [0.5, 0.6) is 0 Å². The second-order valence-corrected chi connectivity index (χ2v) is 4.80. The summed E-state index contributed by atoms with van der Waals surface area (Å²) in [5, 5.41) is 12.8. The lowest BCUT2D eigenvalue weighted by atomic mass is 10.3. The zero-order valence-corrected chi connectivity index (χ0v) is 11.3. The lowest BCUT2D eigenvalue weighted by Crippen LogP contribution is -2.12. The van der Waals surface area contributed by atoms with Crippen LogP contribution in [0.25, 0.3) is 11.0 Å². The van der Waals surface area contributed by atoms with Gasteiger partial charge in [-0.1, -0.05) is 11.6 Å². The number of pyridine rings is 1. The van der Waals surface area contributed by atoms with Crippen molar-refractivity contribution in [2.75, 3.05) is 5.32 Å². The van der Waals surface area contributed by atoms with Crippen molar-refractivity contribution in [2.24, 2.45) is 7.05 Å². The fourth-order valence-electron chi connectivity index (χ4n) is 2.04. The average molecular weight is 277 g/mol. The number of nitrogens with zero attached hydrogens (tertiary/aromatic N) is 4. The first-order valence-corrected chi connectivity index (χ1v) is 6.27. The summed E-state index contributed by atoms with van der Waals surface area (Å²) in [4.78, 5) is 7.52. The minimum atomic E-state index is -0.0107. The van der Waals surface area contributed by atoms with Crippen molar-refractivity contribution >= 4 is 28.5 Å². The number of aromatic amines is 1. The first-order valence-electron chi connectivity index (χ1n) is 5.89. The molecule has 98 valence electrons. The van der Waals surface area contributed by atoms with Crippen molar-refractivity contribution in [2.45, 2.75) is 13.0 Å². The van der Waals surface area contributed by atoms with Crippen LogP contribution in [-0.2, 0) is 7.05 Å². The number of halogens is 1. The van der Waals surface area contributed by atoms with Crippen LogP contribution in [-0.4, -0.2) is 24.7 Å². The second kappa shape index (κ2) is 4.55. The van der Waals surface area contributed by atoms with Gasteiger partial charge in [0.1, 0.15) is 17.8 Å². The van der Waals surface area contributed by atoms with E-state index in [9.17, 15) is 0 Å². The first kappa shape index (κ1) is 12.0. The summed E-state index contributed by atoms with van der Waals surface area (Å²) in [5.41, 5.74) is 0.764. The van der Waals surface area contributed by atoms with Gasteiger partial charge in [-0.3, -0.25) is 0 Å². The molecule has 0 fully saturated rings. The molecule has 6 nitrogen and oxygen atoms in total. The summed E-state index contributed by atoms with van der Waals surface area (Å²) in [6.07, 6.45) is 3.49. The van der Waals surface area contributed by atoms with Gasteiger partial charge in [0, 0.05) is 18.6 Å². The van der Waals surface area contributed by atoms with Crippen LogP contribution in [0.3, 0.4) is 0 Å². The third-order valence-electron chi connectivity index (χ3n) is 2.98. The highest BCUT2D eigenvalue weighted by atomic mass is 35.5. The highest BCUT2D eigenvalue weighted by Crippen LogP contribution is 2.25. The molecule has 0 aliphatic carbocycles. The van der Waals surface area contributed by atoms with Crippen LogP contribution < -0.4 is 5.32 Å². The molecule has 2 N–H and O–H groups in total. The molecule has 0 aromatic carbocycles. The van der Waals surface area contributed by atoms with Gasteiger partial charge in [-0.25, -0.2) is 4.98 Å².